The van der Waals surface area contributed by atoms with E-state index in [0.717, 1.165) is 15.4 Å². The summed E-state index contributed by atoms with van der Waals surface area (Å²) < 4.78 is 0.720. The number of rotatable bonds is 1. The van der Waals surface area contributed by atoms with Crippen LogP contribution >= 0.6 is 15.9 Å². The highest BCUT2D eigenvalue weighted by Crippen LogP contribution is 2.31. The predicted octanol–water partition coefficient (Wildman–Crippen LogP) is 2.54. The molecule has 2 rings (SSSR count). The molecule has 6 heteroatoms. The number of hydrogen-bond acceptors (Lipinski definition) is 3. The number of hydrogen-bond donors (Lipinski definition) is 1. The Morgan fingerprint density at radius 1 is 1.64 bits per heavy atom. The Balaban J connectivity index is 2.91. The van der Waals surface area contributed by atoms with Gasteiger partial charge in [0.15, 0.2) is 0 Å². The third-order valence-electron chi connectivity index (χ3n) is 2.12. The maximum atomic E-state index is 10.7. The van der Waals surface area contributed by atoms with E-state index in [1.54, 1.807) is 6.20 Å². The third kappa shape index (κ3) is 1.19. The largest absolute Gasteiger partial charge is 0.296 e. The van der Waals surface area contributed by atoms with Crippen molar-refractivity contribution in [3.8, 4) is 0 Å². The number of nitro benzene ring substituents is 1. The van der Waals surface area contributed by atoms with Gasteiger partial charge in [-0.3, -0.25) is 15.2 Å². The van der Waals surface area contributed by atoms with Gasteiger partial charge in [-0.1, -0.05) is 15.9 Å². The second kappa shape index (κ2) is 3.06. The number of non-ortho nitro benzene ring substituents is 1. The standard InChI is InChI=1S/C8H6BrN3O2/c1-4-5-3-10-11-8(5)7(12(13)14)2-6(4)9/h2-3H,1H3,(H,10,11). The van der Waals surface area contributed by atoms with Crippen LogP contribution in [0.25, 0.3) is 10.9 Å². The van der Waals surface area contributed by atoms with Crippen molar-refractivity contribution in [1.82, 2.24) is 10.2 Å². The molecule has 0 bridgehead atoms. The van der Waals surface area contributed by atoms with Gasteiger partial charge < -0.3 is 0 Å². The number of nitro groups is 1. The zero-order valence-electron chi connectivity index (χ0n) is 7.24. The molecular weight excluding hydrogens is 250 g/mol. The van der Waals surface area contributed by atoms with Crippen molar-refractivity contribution in [2.45, 2.75) is 6.92 Å². The van der Waals surface area contributed by atoms with Gasteiger partial charge in [0, 0.05) is 15.9 Å². The summed E-state index contributed by atoms with van der Waals surface area (Å²) in [5.41, 5.74) is 1.45. The molecule has 72 valence electrons. The maximum Gasteiger partial charge on any atom is 0.296 e. The molecule has 0 aliphatic heterocycles. The minimum atomic E-state index is -0.426. The fourth-order valence-electron chi connectivity index (χ4n) is 1.34. The van der Waals surface area contributed by atoms with Gasteiger partial charge in [0.05, 0.1) is 11.1 Å². The molecule has 0 unspecified atom stereocenters. The van der Waals surface area contributed by atoms with Gasteiger partial charge in [-0.2, -0.15) is 5.10 Å². The second-order valence-corrected chi connectivity index (χ2v) is 3.77. The van der Waals surface area contributed by atoms with Crippen molar-refractivity contribution in [1.29, 1.82) is 0 Å². The smallest absolute Gasteiger partial charge is 0.271 e. The highest BCUT2D eigenvalue weighted by molar-refractivity contribution is 9.10. The first-order valence-electron chi connectivity index (χ1n) is 3.88. The molecule has 0 radical (unpaired) electrons. The van der Waals surface area contributed by atoms with Gasteiger partial charge in [-0.15, -0.1) is 0 Å². The van der Waals surface area contributed by atoms with Crippen LogP contribution < -0.4 is 0 Å². The lowest BCUT2D eigenvalue weighted by molar-refractivity contribution is -0.383. The highest BCUT2D eigenvalue weighted by Gasteiger charge is 2.17. The molecule has 1 aromatic heterocycles. The lowest BCUT2D eigenvalue weighted by Crippen LogP contribution is -1.91. The molecule has 1 heterocycles. The van der Waals surface area contributed by atoms with E-state index in [0.29, 0.717) is 5.52 Å². The molecular formula is C8H6BrN3O2. The average molecular weight is 256 g/mol. The van der Waals surface area contributed by atoms with E-state index >= 15 is 0 Å². The fourth-order valence-corrected chi connectivity index (χ4v) is 1.77. The van der Waals surface area contributed by atoms with Crippen molar-refractivity contribution >= 4 is 32.5 Å². The number of nitrogens with zero attached hydrogens (tertiary/aromatic N) is 2. The molecule has 2 aromatic rings. The zero-order valence-corrected chi connectivity index (χ0v) is 8.83. The van der Waals surface area contributed by atoms with Crippen LogP contribution in [-0.2, 0) is 0 Å². The molecule has 1 aromatic carbocycles. The quantitative estimate of drug-likeness (QED) is 0.629. The Hall–Kier alpha value is -1.43. The van der Waals surface area contributed by atoms with Crippen molar-refractivity contribution in [3.05, 3.63) is 32.4 Å². The van der Waals surface area contributed by atoms with Crippen LogP contribution in [0.5, 0.6) is 0 Å². The van der Waals surface area contributed by atoms with E-state index in [4.69, 9.17) is 0 Å². The lowest BCUT2D eigenvalue weighted by Gasteiger charge is -1.99. The summed E-state index contributed by atoms with van der Waals surface area (Å²) in [5.74, 6) is 0. The summed E-state index contributed by atoms with van der Waals surface area (Å²) in [6.07, 6.45) is 1.59. The molecule has 0 aliphatic carbocycles. The van der Waals surface area contributed by atoms with Crippen LogP contribution in [0, 0.1) is 17.0 Å². The Morgan fingerprint density at radius 2 is 2.36 bits per heavy atom. The molecule has 5 nitrogen and oxygen atoms in total. The van der Waals surface area contributed by atoms with Crippen molar-refractivity contribution < 1.29 is 4.92 Å². The first-order valence-corrected chi connectivity index (χ1v) is 4.67. The lowest BCUT2D eigenvalue weighted by atomic mass is 10.1. The Labute approximate surface area is 87.4 Å². The summed E-state index contributed by atoms with van der Waals surface area (Å²) >= 11 is 3.27. The van der Waals surface area contributed by atoms with Crippen molar-refractivity contribution in [2.75, 3.05) is 0 Å². The van der Waals surface area contributed by atoms with Crippen LogP contribution in [0.4, 0.5) is 5.69 Å². The minimum absolute atomic E-state index is 0.0370. The third-order valence-corrected chi connectivity index (χ3v) is 2.94. The van der Waals surface area contributed by atoms with Gasteiger partial charge in [-0.25, -0.2) is 0 Å². The maximum absolute atomic E-state index is 10.7. The van der Waals surface area contributed by atoms with Gasteiger partial charge >= 0.3 is 0 Å². The number of aryl methyl sites for hydroxylation is 1. The zero-order chi connectivity index (χ0) is 10.3. The normalized spacial score (nSPS) is 10.7. The van der Waals surface area contributed by atoms with E-state index in [2.05, 4.69) is 26.1 Å². The predicted molar refractivity (Wildman–Crippen MR) is 55.2 cm³/mol. The molecule has 14 heavy (non-hydrogen) atoms. The topological polar surface area (TPSA) is 71.8 Å². The van der Waals surface area contributed by atoms with Gasteiger partial charge in [0.2, 0.25) is 0 Å². The fraction of sp³-hybridized carbons (Fsp3) is 0.125. The van der Waals surface area contributed by atoms with Crippen LogP contribution in [0.3, 0.4) is 0 Å². The summed E-state index contributed by atoms with van der Waals surface area (Å²) in [5, 5.41) is 17.9. The Kier molecular flexibility index (Phi) is 1.99. The molecule has 0 atom stereocenters. The van der Waals surface area contributed by atoms with E-state index < -0.39 is 4.92 Å². The first kappa shape index (κ1) is 9.14. The molecule has 0 saturated heterocycles. The summed E-state index contributed by atoms with van der Waals surface area (Å²) in [6.45, 7) is 1.88. The van der Waals surface area contributed by atoms with Gasteiger partial charge in [-0.05, 0) is 12.5 Å². The molecule has 0 amide bonds. The Bertz CT molecular complexity index is 521. The Morgan fingerprint density at radius 3 is 3.00 bits per heavy atom. The highest BCUT2D eigenvalue weighted by atomic mass is 79.9. The number of halogens is 1. The first-order chi connectivity index (χ1) is 6.61. The molecule has 0 fully saturated rings. The summed E-state index contributed by atoms with van der Waals surface area (Å²) in [7, 11) is 0. The van der Waals surface area contributed by atoms with E-state index in [-0.39, 0.29) is 5.69 Å². The molecule has 0 aliphatic rings. The van der Waals surface area contributed by atoms with E-state index in [1.807, 2.05) is 6.92 Å². The summed E-state index contributed by atoms with van der Waals surface area (Å²) in [4.78, 5) is 10.3. The van der Waals surface area contributed by atoms with Gasteiger partial charge in [0.1, 0.15) is 5.52 Å². The number of fused-ring (bicyclic) bond motifs is 1. The monoisotopic (exact) mass is 255 g/mol. The summed E-state index contributed by atoms with van der Waals surface area (Å²) in [6, 6.07) is 1.48. The number of nitrogens with one attached hydrogen (secondary N) is 1. The van der Waals surface area contributed by atoms with E-state index in [9.17, 15) is 10.1 Å². The number of H-pyrrole nitrogens is 1. The molecule has 0 saturated carbocycles. The van der Waals surface area contributed by atoms with Crippen LogP contribution in [0.2, 0.25) is 0 Å². The van der Waals surface area contributed by atoms with Crippen LogP contribution in [-0.4, -0.2) is 15.1 Å². The average Bonchev–Trinajstić information content (AvgIpc) is 2.59. The number of benzene rings is 1. The van der Waals surface area contributed by atoms with Crippen LogP contribution in [0.15, 0.2) is 16.7 Å². The van der Waals surface area contributed by atoms with Crippen molar-refractivity contribution in [2.24, 2.45) is 0 Å². The van der Waals surface area contributed by atoms with E-state index in [1.165, 1.54) is 6.07 Å². The minimum Gasteiger partial charge on any atom is -0.271 e. The van der Waals surface area contributed by atoms with Crippen molar-refractivity contribution in [3.63, 3.8) is 0 Å². The van der Waals surface area contributed by atoms with Crippen LogP contribution in [0.1, 0.15) is 5.56 Å². The van der Waals surface area contributed by atoms with Gasteiger partial charge in [0.25, 0.3) is 5.69 Å². The number of aromatic nitrogens is 2. The molecule has 0 spiro atoms. The number of aromatic amines is 1. The molecule has 1 N–H and O–H groups in total. The second-order valence-electron chi connectivity index (χ2n) is 2.92. The SMILES string of the molecule is Cc1c(Br)cc([N+](=O)[O-])c2[nH]ncc12.